The Balaban J connectivity index is 2.14. The summed E-state index contributed by atoms with van der Waals surface area (Å²) in [5.41, 5.74) is -0.179. The van der Waals surface area contributed by atoms with Gasteiger partial charge in [-0.2, -0.15) is 0 Å². The molecule has 0 aliphatic heterocycles. The van der Waals surface area contributed by atoms with Gasteiger partial charge >= 0.3 is 11.7 Å². The van der Waals surface area contributed by atoms with Gasteiger partial charge in [-0.15, -0.1) is 11.3 Å². The second kappa shape index (κ2) is 6.75. The summed E-state index contributed by atoms with van der Waals surface area (Å²) in [6.45, 7) is 0.423. The largest absolute Gasteiger partial charge is 0.464 e. The van der Waals surface area contributed by atoms with Crippen LogP contribution in [0.4, 0.5) is 11.5 Å². The first kappa shape index (κ1) is 14.9. The van der Waals surface area contributed by atoms with E-state index in [1.54, 1.807) is 6.20 Å². The summed E-state index contributed by atoms with van der Waals surface area (Å²) in [5, 5.41) is 16.6. The van der Waals surface area contributed by atoms with E-state index >= 15 is 0 Å². The molecule has 9 heteroatoms. The molecule has 0 aliphatic rings. The van der Waals surface area contributed by atoms with Crippen molar-refractivity contribution >= 4 is 28.8 Å². The van der Waals surface area contributed by atoms with E-state index in [2.05, 4.69) is 20.0 Å². The van der Waals surface area contributed by atoms with Crippen molar-refractivity contribution in [3.63, 3.8) is 0 Å². The van der Waals surface area contributed by atoms with Gasteiger partial charge in [-0.3, -0.25) is 10.1 Å². The molecule has 0 saturated carbocycles. The lowest BCUT2D eigenvalue weighted by molar-refractivity contribution is -0.384. The fourth-order valence-electron chi connectivity index (χ4n) is 1.61. The maximum Gasteiger partial charge on any atom is 0.356 e. The summed E-state index contributed by atoms with van der Waals surface area (Å²) < 4.78 is 4.55. The van der Waals surface area contributed by atoms with Gasteiger partial charge < -0.3 is 10.1 Å². The second-order valence-corrected chi connectivity index (χ2v) is 4.89. The Bertz CT molecular complexity index is 645. The van der Waals surface area contributed by atoms with Gasteiger partial charge in [-0.05, 0) is 6.07 Å². The Morgan fingerprint density at radius 2 is 2.33 bits per heavy atom. The van der Waals surface area contributed by atoms with Crippen molar-refractivity contribution in [3.05, 3.63) is 44.5 Å². The van der Waals surface area contributed by atoms with Crippen LogP contribution < -0.4 is 5.32 Å². The molecule has 0 bridgehead atoms. The SMILES string of the molecule is COC(=O)c1ccc([N+](=O)[O-])c(NCCc2nccs2)n1. The quantitative estimate of drug-likeness (QED) is 0.493. The number of rotatable bonds is 6. The average molecular weight is 308 g/mol. The zero-order valence-corrected chi connectivity index (χ0v) is 11.9. The van der Waals surface area contributed by atoms with E-state index in [9.17, 15) is 14.9 Å². The third kappa shape index (κ3) is 3.72. The summed E-state index contributed by atoms with van der Waals surface area (Å²) in [6, 6.07) is 2.49. The van der Waals surface area contributed by atoms with Gasteiger partial charge in [0.15, 0.2) is 5.69 Å². The maximum absolute atomic E-state index is 11.4. The molecule has 0 spiro atoms. The lowest BCUT2D eigenvalue weighted by Crippen LogP contribution is -2.12. The normalized spacial score (nSPS) is 10.1. The number of hydrogen-bond donors (Lipinski definition) is 1. The fourth-order valence-corrected chi connectivity index (χ4v) is 2.23. The van der Waals surface area contributed by atoms with Crippen LogP contribution in [0.2, 0.25) is 0 Å². The number of ether oxygens (including phenoxy) is 1. The van der Waals surface area contributed by atoms with Gasteiger partial charge in [0.05, 0.1) is 17.0 Å². The van der Waals surface area contributed by atoms with E-state index in [0.717, 1.165) is 5.01 Å². The van der Waals surface area contributed by atoms with Crippen LogP contribution in [0.3, 0.4) is 0 Å². The smallest absolute Gasteiger partial charge is 0.356 e. The van der Waals surface area contributed by atoms with Gasteiger partial charge in [0.25, 0.3) is 0 Å². The van der Waals surface area contributed by atoms with E-state index in [1.807, 2.05) is 5.38 Å². The van der Waals surface area contributed by atoms with Crippen molar-refractivity contribution in [2.24, 2.45) is 0 Å². The van der Waals surface area contributed by atoms with Gasteiger partial charge in [0.2, 0.25) is 5.82 Å². The van der Waals surface area contributed by atoms with E-state index in [-0.39, 0.29) is 17.2 Å². The van der Waals surface area contributed by atoms with E-state index < -0.39 is 10.9 Å². The lowest BCUT2D eigenvalue weighted by Gasteiger charge is -2.06. The minimum atomic E-state index is -0.645. The number of carbonyl (C=O) groups excluding carboxylic acids is 1. The van der Waals surface area contributed by atoms with Crippen LogP contribution in [0, 0.1) is 10.1 Å². The van der Waals surface area contributed by atoms with Crippen molar-refractivity contribution in [1.29, 1.82) is 0 Å². The molecule has 1 N–H and O–H groups in total. The van der Waals surface area contributed by atoms with Crippen molar-refractivity contribution in [2.75, 3.05) is 19.0 Å². The first-order valence-electron chi connectivity index (χ1n) is 5.98. The molecule has 2 rings (SSSR count). The molecule has 0 amide bonds. The van der Waals surface area contributed by atoms with Crippen molar-refractivity contribution in [3.8, 4) is 0 Å². The molecule has 0 aromatic carbocycles. The topological polar surface area (TPSA) is 107 Å². The zero-order valence-electron chi connectivity index (χ0n) is 11.1. The van der Waals surface area contributed by atoms with Crippen LogP contribution >= 0.6 is 11.3 Å². The van der Waals surface area contributed by atoms with Crippen molar-refractivity contribution in [1.82, 2.24) is 9.97 Å². The van der Waals surface area contributed by atoms with Crippen LogP contribution in [-0.2, 0) is 11.2 Å². The van der Waals surface area contributed by atoms with Gasteiger partial charge in [0.1, 0.15) is 0 Å². The number of hydrogen-bond acceptors (Lipinski definition) is 8. The predicted molar refractivity (Wildman–Crippen MR) is 76.5 cm³/mol. The molecule has 0 unspecified atom stereocenters. The molecule has 0 fully saturated rings. The van der Waals surface area contributed by atoms with Crippen LogP contribution in [-0.4, -0.2) is 34.5 Å². The van der Waals surface area contributed by atoms with Gasteiger partial charge in [-0.25, -0.2) is 14.8 Å². The molecular formula is C12H12N4O4S. The van der Waals surface area contributed by atoms with Crippen molar-refractivity contribution in [2.45, 2.75) is 6.42 Å². The molecular weight excluding hydrogens is 296 g/mol. The highest BCUT2D eigenvalue weighted by Gasteiger charge is 2.18. The minimum absolute atomic E-state index is 0.0137. The first-order valence-corrected chi connectivity index (χ1v) is 6.85. The Morgan fingerprint density at radius 1 is 1.52 bits per heavy atom. The molecule has 0 atom stereocenters. The number of esters is 1. The van der Waals surface area contributed by atoms with E-state index in [4.69, 9.17) is 0 Å². The lowest BCUT2D eigenvalue weighted by atomic mass is 10.3. The summed E-state index contributed by atoms with van der Waals surface area (Å²) in [7, 11) is 1.22. The molecule has 110 valence electrons. The summed E-state index contributed by atoms with van der Waals surface area (Å²) in [4.78, 5) is 29.9. The number of pyridine rings is 1. The second-order valence-electron chi connectivity index (χ2n) is 3.92. The third-order valence-electron chi connectivity index (χ3n) is 2.58. The third-order valence-corrected chi connectivity index (χ3v) is 3.42. The molecule has 2 aromatic rings. The molecule has 2 heterocycles. The highest BCUT2D eigenvalue weighted by molar-refractivity contribution is 7.09. The number of methoxy groups -OCH3 is 1. The molecule has 0 aliphatic carbocycles. The highest BCUT2D eigenvalue weighted by Crippen LogP contribution is 2.22. The number of nitrogens with one attached hydrogen (secondary N) is 1. The predicted octanol–water partition coefficient (Wildman–Crippen LogP) is 1.89. The Kier molecular flexibility index (Phi) is 4.77. The number of carbonyl (C=O) groups is 1. The number of nitrogens with zero attached hydrogens (tertiary/aromatic N) is 3. The maximum atomic E-state index is 11.4. The van der Waals surface area contributed by atoms with Crippen LogP contribution in [0.5, 0.6) is 0 Å². The van der Waals surface area contributed by atoms with Crippen molar-refractivity contribution < 1.29 is 14.5 Å². The monoisotopic (exact) mass is 308 g/mol. The average Bonchev–Trinajstić information content (AvgIpc) is 2.99. The number of aromatic nitrogens is 2. The Labute approximate surface area is 124 Å². The molecule has 8 nitrogen and oxygen atoms in total. The summed E-state index contributed by atoms with van der Waals surface area (Å²) >= 11 is 1.50. The standard InChI is InChI=1S/C12H12N4O4S/c1-20-12(17)8-2-3-9(16(18)19)11(15-8)14-5-4-10-13-6-7-21-10/h2-3,6-7H,4-5H2,1H3,(H,14,15). The van der Waals surface area contributed by atoms with E-state index in [1.165, 1.54) is 30.6 Å². The fraction of sp³-hybridized carbons (Fsp3) is 0.250. The zero-order chi connectivity index (χ0) is 15.2. The van der Waals surface area contributed by atoms with Crippen LogP contribution in [0.1, 0.15) is 15.5 Å². The minimum Gasteiger partial charge on any atom is -0.464 e. The Morgan fingerprint density at radius 3 is 2.95 bits per heavy atom. The summed E-state index contributed by atoms with van der Waals surface area (Å²) in [6.07, 6.45) is 2.30. The number of thiazole rings is 1. The van der Waals surface area contributed by atoms with Crippen LogP contribution in [0.25, 0.3) is 0 Å². The van der Waals surface area contributed by atoms with Gasteiger partial charge in [0, 0.05) is 30.6 Å². The number of nitro groups is 1. The number of anilines is 1. The molecule has 0 saturated heterocycles. The Hall–Kier alpha value is -2.55. The summed E-state index contributed by atoms with van der Waals surface area (Å²) in [5.74, 6) is -0.604. The van der Waals surface area contributed by atoms with Crippen LogP contribution in [0.15, 0.2) is 23.7 Å². The van der Waals surface area contributed by atoms with Gasteiger partial charge in [-0.1, -0.05) is 0 Å². The molecule has 0 radical (unpaired) electrons. The highest BCUT2D eigenvalue weighted by atomic mass is 32.1. The van der Waals surface area contributed by atoms with E-state index in [0.29, 0.717) is 13.0 Å². The first-order chi connectivity index (χ1) is 10.1. The molecule has 2 aromatic heterocycles. The molecule has 21 heavy (non-hydrogen) atoms.